The highest BCUT2D eigenvalue weighted by atomic mass is 16.5. The Bertz CT molecular complexity index is 3560. The van der Waals surface area contributed by atoms with Crippen LogP contribution in [0.1, 0.15) is 22.3 Å². The molecule has 1 aliphatic heterocycles. The van der Waals surface area contributed by atoms with Gasteiger partial charge in [-0.15, -0.1) is 0 Å². The van der Waals surface area contributed by atoms with Crippen molar-refractivity contribution in [1.82, 2.24) is 0 Å². The van der Waals surface area contributed by atoms with Gasteiger partial charge in [0.15, 0.2) is 5.58 Å². The zero-order chi connectivity index (χ0) is 44.5. The number of nitrogens with zero attached hydrogens (tertiary/aromatic N) is 3. The number of ether oxygens (including phenoxy) is 1. The van der Waals surface area contributed by atoms with Gasteiger partial charge in [-0.25, -0.2) is 0 Å². The Morgan fingerprint density at radius 3 is 1.57 bits per heavy atom. The molecule has 5 heteroatoms. The third-order valence-corrected chi connectivity index (χ3v) is 13.7. The molecule has 0 saturated heterocycles. The summed E-state index contributed by atoms with van der Waals surface area (Å²) in [5.41, 5.74) is 18.0. The molecule has 1 aliphatic carbocycles. The second kappa shape index (κ2) is 15.4. The van der Waals surface area contributed by atoms with Crippen molar-refractivity contribution >= 4 is 73.1 Å². The second-order valence-electron chi connectivity index (χ2n) is 17.2. The van der Waals surface area contributed by atoms with Gasteiger partial charge in [0.1, 0.15) is 11.3 Å². The van der Waals surface area contributed by atoms with Gasteiger partial charge in [0.25, 0.3) is 0 Å². The summed E-state index contributed by atoms with van der Waals surface area (Å²) in [4.78, 5) is 7.10. The largest absolute Gasteiger partial charge is 0.496 e. The van der Waals surface area contributed by atoms with E-state index in [1.165, 1.54) is 44.8 Å². The molecule has 0 amide bonds. The van der Waals surface area contributed by atoms with Crippen molar-refractivity contribution in [1.29, 1.82) is 0 Å². The van der Waals surface area contributed by atoms with Crippen LogP contribution in [0.4, 0.5) is 51.2 Å². The monoisotopic (exact) mass is 861 g/mol. The first kappa shape index (κ1) is 38.6. The highest BCUT2D eigenvalue weighted by Gasteiger charge is 2.52. The first-order valence-corrected chi connectivity index (χ1v) is 22.8. The quantitative estimate of drug-likeness (QED) is 0.152. The van der Waals surface area contributed by atoms with Gasteiger partial charge in [0.2, 0.25) is 0 Å². The summed E-state index contributed by atoms with van der Waals surface area (Å²) in [7, 11) is 1.74. The van der Waals surface area contributed by atoms with Crippen LogP contribution >= 0.6 is 0 Å². The number of anilines is 9. The normalized spacial score (nSPS) is 12.9. The van der Waals surface area contributed by atoms with Crippen LogP contribution in [-0.4, -0.2) is 7.11 Å². The third-order valence-electron chi connectivity index (χ3n) is 13.7. The van der Waals surface area contributed by atoms with Crippen molar-refractivity contribution in [2.75, 3.05) is 21.8 Å². The van der Waals surface area contributed by atoms with E-state index in [-0.39, 0.29) is 0 Å². The Labute approximate surface area is 389 Å². The molecule has 10 aromatic carbocycles. The SMILES string of the molecule is COc1ccc(N(c2ccccc2)c2ccccc2)c2oc3ccc(N(c4ccccc4)c4cccc5c4-c4ccccc4C54c5ccccc5N(c5ccccc5)c5ccccc54)cc3c12. The molecule has 0 bridgehead atoms. The average Bonchev–Trinajstić information content (AvgIpc) is 3.93. The maximum absolute atomic E-state index is 6.95. The van der Waals surface area contributed by atoms with Crippen LogP contribution in [0.2, 0.25) is 0 Å². The molecule has 318 valence electrons. The lowest BCUT2D eigenvalue weighted by atomic mass is 9.64. The lowest BCUT2D eigenvalue weighted by Gasteiger charge is -2.45. The Morgan fingerprint density at radius 2 is 0.955 bits per heavy atom. The molecular formula is C62H43N3O2. The molecule has 0 fully saturated rings. The van der Waals surface area contributed by atoms with E-state index < -0.39 is 5.41 Å². The van der Waals surface area contributed by atoms with Crippen LogP contribution in [0.25, 0.3) is 33.1 Å². The van der Waals surface area contributed by atoms with Gasteiger partial charge < -0.3 is 23.9 Å². The molecular weight excluding hydrogens is 819 g/mol. The Hall–Kier alpha value is -8.80. The fourth-order valence-electron chi connectivity index (χ4n) is 11.1. The number of hydrogen-bond acceptors (Lipinski definition) is 5. The van der Waals surface area contributed by atoms with Gasteiger partial charge in [-0.2, -0.15) is 0 Å². The summed E-state index contributed by atoms with van der Waals surface area (Å²) < 4.78 is 13.1. The molecule has 1 aromatic heterocycles. The number of para-hydroxylation sites is 6. The molecule has 2 heterocycles. The first-order valence-electron chi connectivity index (χ1n) is 22.8. The molecule has 1 spiro atoms. The Balaban J connectivity index is 1.06. The number of methoxy groups -OCH3 is 1. The second-order valence-corrected chi connectivity index (χ2v) is 17.2. The van der Waals surface area contributed by atoms with E-state index >= 15 is 0 Å². The van der Waals surface area contributed by atoms with Gasteiger partial charge >= 0.3 is 0 Å². The predicted octanol–water partition coefficient (Wildman–Crippen LogP) is 16.7. The number of fused-ring (bicyclic) bond motifs is 12. The Kier molecular flexibility index (Phi) is 8.90. The van der Waals surface area contributed by atoms with E-state index in [2.05, 4.69) is 245 Å². The van der Waals surface area contributed by atoms with Crippen molar-refractivity contribution in [2.45, 2.75) is 5.41 Å². The fraction of sp³-hybridized carbons (Fsp3) is 0.0323. The van der Waals surface area contributed by atoms with Crippen molar-refractivity contribution < 1.29 is 9.15 Å². The molecule has 0 atom stereocenters. The van der Waals surface area contributed by atoms with Crippen molar-refractivity contribution in [3.63, 3.8) is 0 Å². The minimum atomic E-state index is -0.597. The van der Waals surface area contributed by atoms with Gasteiger partial charge in [-0.3, -0.25) is 0 Å². The Morgan fingerprint density at radius 1 is 0.433 bits per heavy atom. The van der Waals surface area contributed by atoms with E-state index in [9.17, 15) is 0 Å². The van der Waals surface area contributed by atoms with Crippen LogP contribution in [0.5, 0.6) is 5.75 Å². The minimum Gasteiger partial charge on any atom is -0.496 e. The number of benzene rings is 10. The summed E-state index contributed by atoms with van der Waals surface area (Å²) in [5.74, 6) is 0.748. The summed E-state index contributed by atoms with van der Waals surface area (Å²) >= 11 is 0. The van der Waals surface area contributed by atoms with Crippen LogP contribution in [0.3, 0.4) is 0 Å². The van der Waals surface area contributed by atoms with Crippen LogP contribution in [-0.2, 0) is 5.41 Å². The molecule has 0 N–H and O–H groups in total. The lowest BCUT2D eigenvalue weighted by molar-refractivity contribution is 0.420. The van der Waals surface area contributed by atoms with E-state index in [1.807, 2.05) is 12.1 Å². The minimum absolute atomic E-state index is 0.597. The van der Waals surface area contributed by atoms with Crippen molar-refractivity contribution in [2.24, 2.45) is 0 Å². The highest BCUT2D eigenvalue weighted by Crippen LogP contribution is 2.65. The van der Waals surface area contributed by atoms with Crippen LogP contribution in [0, 0.1) is 0 Å². The van der Waals surface area contributed by atoms with Crippen LogP contribution in [0.15, 0.2) is 247 Å². The average molecular weight is 862 g/mol. The van der Waals surface area contributed by atoms with Gasteiger partial charge in [-0.05, 0) is 125 Å². The lowest BCUT2D eigenvalue weighted by Crippen LogP contribution is -2.36. The molecule has 11 aromatic rings. The highest BCUT2D eigenvalue weighted by molar-refractivity contribution is 6.14. The van der Waals surface area contributed by atoms with Crippen LogP contribution < -0.4 is 19.4 Å². The van der Waals surface area contributed by atoms with E-state index in [4.69, 9.17) is 9.15 Å². The summed E-state index contributed by atoms with van der Waals surface area (Å²) in [6, 6.07) is 87.0. The molecule has 2 aliphatic rings. The van der Waals surface area contributed by atoms with E-state index in [1.54, 1.807) is 7.11 Å². The first-order chi connectivity index (χ1) is 33.2. The molecule has 0 saturated carbocycles. The number of hydrogen-bond donors (Lipinski definition) is 0. The number of rotatable bonds is 8. The number of furan rings is 1. The summed E-state index contributed by atoms with van der Waals surface area (Å²) in [5, 5.41) is 1.89. The maximum atomic E-state index is 6.95. The zero-order valence-electron chi connectivity index (χ0n) is 36.8. The topological polar surface area (TPSA) is 32.1 Å². The third kappa shape index (κ3) is 5.74. The smallest absolute Gasteiger partial charge is 0.163 e. The van der Waals surface area contributed by atoms with Crippen molar-refractivity contribution in [3.8, 4) is 16.9 Å². The van der Waals surface area contributed by atoms with Gasteiger partial charge in [0, 0.05) is 39.4 Å². The molecule has 67 heavy (non-hydrogen) atoms. The fourth-order valence-corrected chi connectivity index (χ4v) is 11.1. The van der Waals surface area contributed by atoms with Gasteiger partial charge in [-0.1, -0.05) is 146 Å². The standard InChI is InChI=1S/C62H43N3O2/c1-66-58-40-38-56(63(42-21-6-2-7-22-42)43-23-8-3-9-24-43)61-60(58)48-41-46(37-39-57(48)67-61)64(44-25-10-4-11-26-44)55-36-20-33-52-59(55)47-29-14-15-30-49(47)62(52)50-31-16-18-34-53(50)65(45-27-12-5-13-28-45)54-35-19-17-32-51(54)62/h2-41H,1H3. The summed E-state index contributed by atoms with van der Waals surface area (Å²) in [6.07, 6.45) is 0. The molecule has 5 nitrogen and oxygen atoms in total. The van der Waals surface area contributed by atoms with Gasteiger partial charge in [0.05, 0.1) is 40.7 Å². The van der Waals surface area contributed by atoms with E-state index in [0.717, 1.165) is 67.5 Å². The molecule has 13 rings (SSSR count). The van der Waals surface area contributed by atoms with E-state index in [0.29, 0.717) is 0 Å². The molecule has 0 radical (unpaired) electrons. The molecule has 0 unspecified atom stereocenters. The predicted molar refractivity (Wildman–Crippen MR) is 275 cm³/mol. The summed E-state index contributed by atoms with van der Waals surface area (Å²) in [6.45, 7) is 0. The maximum Gasteiger partial charge on any atom is 0.163 e. The van der Waals surface area contributed by atoms with Crippen molar-refractivity contribution in [3.05, 3.63) is 265 Å². The zero-order valence-corrected chi connectivity index (χ0v) is 36.8.